The molecule has 1 aliphatic rings. The van der Waals surface area contributed by atoms with Gasteiger partial charge in [0.25, 0.3) is 0 Å². The first-order valence-electron chi connectivity index (χ1n) is 4.71. The fourth-order valence-electron chi connectivity index (χ4n) is 1.83. The van der Waals surface area contributed by atoms with Crippen molar-refractivity contribution < 1.29 is 19.8 Å². The molecular formula is C10H14O4. The first-order chi connectivity index (χ1) is 6.61. The molecule has 2 N–H and O–H groups in total. The van der Waals surface area contributed by atoms with Crippen LogP contribution in [0.2, 0.25) is 0 Å². The Kier molecular flexibility index (Phi) is 3.68. The molecule has 0 saturated carbocycles. The normalized spacial score (nSPS) is 23.0. The summed E-state index contributed by atoms with van der Waals surface area (Å²) in [5.41, 5.74) is 0. The fourth-order valence-corrected chi connectivity index (χ4v) is 1.83. The number of allylic oxidation sites excluding steroid dienone is 2. The van der Waals surface area contributed by atoms with E-state index in [1.54, 1.807) is 0 Å². The van der Waals surface area contributed by atoms with Gasteiger partial charge in [-0.25, -0.2) is 0 Å². The van der Waals surface area contributed by atoms with Gasteiger partial charge in [-0.05, 0) is 25.2 Å². The van der Waals surface area contributed by atoms with Crippen molar-refractivity contribution in [3.05, 3.63) is 12.2 Å². The van der Waals surface area contributed by atoms with Crippen LogP contribution >= 0.6 is 0 Å². The molecule has 4 heteroatoms. The van der Waals surface area contributed by atoms with Crippen LogP contribution in [0.15, 0.2) is 12.2 Å². The molecule has 1 aliphatic carbocycles. The third-order valence-corrected chi connectivity index (χ3v) is 2.59. The molecular weight excluding hydrogens is 184 g/mol. The zero-order valence-electron chi connectivity index (χ0n) is 7.85. The largest absolute Gasteiger partial charge is 0.481 e. The van der Waals surface area contributed by atoms with Crippen LogP contribution in [0.4, 0.5) is 0 Å². The number of carboxylic acid groups (broad SMARTS) is 2. The predicted octanol–water partition coefficient (Wildman–Crippen LogP) is 1.52. The lowest BCUT2D eigenvalue weighted by Gasteiger charge is -2.23. The zero-order valence-corrected chi connectivity index (χ0v) is 7.85. The van der Waals surface area contributed by atoms with E-state index in [0.717, 1.165) is 12.8 Å². The van der Waals surface area contributed by atoms with E-state index in [0.29, 0.717) is 6.42 Å². The van der Waals surface area contributed by atoms with Crippen LogP contribution in [0, 0.1) is 11.8 Å². The second-order valence-electron chi connectivity index (χ2n) is 3.59. The Morgan fingerprint density at radius 1 is 1.36 bits per heavy atom. The van der Waals surface area contributed by atoms with Gasteiger partial charge in [-0.1, -0.05) is 12.2 Å². The third-order valence-electron chi connectivity index (χ3n) is 2.59. The SMILES string of the molecule is O=C(O)CC(C(=O)O)C1CC=CCC1. The van der Waals surface area contributed by atoms with Gasteiger partial charge in [0.15, 0.2) is 0 Å². The molecule has 0 bridgehead atoms. The highest BCUT2D eigenvalue weighted by Gasteiger charge is 2.29. The van der Waals surface area contributed by atoms with Gasteiger partial charge >= 0.3 is 11.9 Å². The Bertz CT molecular complexity index is 257. The molecule has 0 aromatic heterocycles. The van der Waals surface area contributed by atoms with E-state index in [2.05, 4.69) is 0 Å². The summed E-state index contributed by atoms with van der Waals surface area (Å²) < 4.78 is 0. The lowest BCUT2D eigenvalue weighted by Crippen LogP contribution is -2.26. The van der Waals surface area contributed by atoms with Gasteiger partial charge < -0.3 is 10.2 Å². The first kappa shape index (κ1) is 10.8. The van der Waals surface area contributed by atoms with E-state index in [1.165, 1.54) is 0 Å². The van der Waals surface area contributed by atoms with Crippen LogP contribution in [-0.4, -0.2) is 22.2 Å². The molecule has 2 unspecified atom stereocenters. The average molecular weight is 198 g/mol. The summed E-state index contributed by atoms with van der Waals surface area (Å²) in [4.78, 5) is 21.3. The minimum absolute atomic E-state index is 0.0198. The Balaban J connectivity index is 2.61. The molecule has 0 aliphatic heterocycles. The standard InChI is InChI=1S/C10H14O4/c11-9(12)6-8(10(13)14)7-4-2-1-3-5-7/h1-2,7-8H,3-6H2,(H,11,12)(H,13,14). The summed E-state index contributed by atoms with van der Waals surface area (Å²) >= 11 is 0. The topological polar surface area (TPSA) is 74.6 Å². The van der Waals surface area contributed by atoms with E-state index in [4.69, 9.17) is 10.2 Å². The molecule has 0 saturated heterocycles. The molecule has 0 radical (unpaired) electrons. The van der Waals surface area contributed by atoms with Gasteiger partial charge in [-0.2, -0.15) is 0 Å². The van der Waals surface area contributed by atoms with Gasteiger partial charge in [-0.15, -0.1) is 0 Å². The smallest absolute Gasteiger partial charge is 0.307 e. The minimum atomic E-state index is -1.04. The van der Waals surface area contributed by atoms with E-state index in [9.17, 15) is 9.59 Å². The molecule has 0 spiro atoms. The van der Waals surface area contributed by atoms with Crippen molar-refractivity contribution in [2.45, 2.75) is 25.7 Å². The summed E-state index contributed by atoms with van der Waals surface area (Å²) in [7, 11) is 0. The number of hydrogen-bond acceptors (Lipinski definition) is 2. The van der Waals surface area contributed by atoms with Crippen LogP contribution in [0.1, 0.15) is 25.7 Å². The summed E-state index contributed by atoms with van der Waals surface area (Å²) in [6.45, 7) is 0. The van der Waals surface area contributed by atoms with Gasteiger partial charge in [0.1, 0.15) is 0 Å². The molecule has 14 heavy (non-hydrogen) atoms. The number of aliphatic carboxylic acids is 2. The maximum atomic E-state index is 10.8. The monoisotopic (exact) mass is 198 g/mol. The zero-order chi connectivity index (χ0) is 10.6. The highest BCUT2D eigenvalue weighted by molar-refractivity contribution is 5.78. The average Bonchev–Trinajstić information content (AvgIpc) is 2.15. The number of carbonyl (C=O) groups is 2. The molecule has 78 valence electrons. The van der Waals surface area contributed by atoms with Crippen molar-refractivity contribution in [3.63, 3.8) is 0 Å². The van der Waals surface area contributed by atoms with Crippen LogP contribution in [-0.2, 0) is 9.59 Å². The van der Waals surface area contributed by atoms with Crippen molar-refractivity contribution in [2.24, 2.45) is 11.8 Å². The van der Waals surface area contributed by atoms with Crippen molar-refractivity contribution in [1.29, 1.82) is 0 Å². The van der Waals surface area contributed by atoms with Gasteiger partial charge in [-0.3, -0.25) is 9.59 Å². The molecule has 1 rings (SSSR count). The van der Waals surface area contributed by atoms with E-state index >= 15 is 0 Å². The number of hydrogen-bond donors (Lipinski definition) is 2. The maximum absolute atomic E-state index is 10.8. The lowest BCUT2D eigenvalue weighted by atomic mass is 9.81. The van der Waals surface area contributed by atoms with Crippen molar-refractivity contribution >= 4 is 11.9 Å². The second-order valence-corrected chi connectivity index (χ2v) is 3.59. The molecule has 0 fully saturated rings. The van der Waals surface area contributed by atoms with Crippen molar-refractivity contribution in [2.75, 3.05) is 0 Å². The van der Waals surface area contributed by atoms with Crippen LogP contribution in [0.25, 0.3) is 0 Å². The van der Waals surface area contributed by atoms with E-state index < -0.39 is 17.9 Å². The van der Waals surface area contributed by atoms with Gasteiger partial charge in [0.2, 0.25) is 0 Å². The molecule has 0 aromatic rings. The quantitative estimate of drug-likeness (QED) is 0.671. The Morgan fingerprint density at radius 3 is 2.50 bits per heavy atom. The Morgan fingerprint density at radius 2 is 2.07 bits per heavy atom. The maximum Gasteiger partial charge on any atom is 0.307 e. The predicted molar refractivity (Wildman–Crippen MR) is 49.9 cm³/mol. The highest BCUT2D eigenvalue weighted by atomic mass is 16.4. The van der Waals surface area contributed by atoms with Crippen molar-refractivity contribution in [1.82, 2.24) is 0 Å². The van der Waals surface area contributed by atoms with Crippen LogP contribution < -0.4 is 0 Å². The van der Waals surface area contributed by atoms with E-state index in [1.807, 2.05) is 12.2 Å². The first-order valence-corrected chi connectivity index (χ1v) is 4.71. The Hall–Kier alpha value is -1.32. The fraction of sp³-hybridized carbons (Fsp3) is 0.600. The summed E-state index contributed by atoms with van der Waals surface area (Å²) in [6, 6.07) is 0. The highest BCUT2D eigenvalue weighted by Crippen LogP contribution is 2.28. The van der Waals surface area contributed by atoms with Crippen molar-refractivity contribution in [3.8, 4) is 0 Å². The number of carboxylic acids is 2. The van der Waals surface area contributed by atoms with Gasteiger partial charge in [0.05, 0.1) is 12.3 Å². The molecule has 4 nitrogen and oxygen atoms in total. The summed E-state index contributed by atoms with van der Waals surface area (Å²) in [6.07, 6.45) is 6.00. The molecule has 0 amide bonds. The van der Waals surface area contributed by atoms with Crippen LogP contribution in [0.5, 0.6) is 0 Å². The lowest BCUT2D eigenvalue weighted by molar-refractivity contribution is -0.150. The van der Waals surface area contributed by atoms with Crippen LogP contribution in [0.3, 0.4) is 0 Å². The minimum Gasteiger partial charge on any atom is -0.481 e. The summed E-state index contributed by atoms with van der Waals surface area (Å²) in [5, 5.41) is 17.5. The molecule has 0 aromatic carbocycles. The molecule has 0 heterocycles. The van der Waals surface area contributed by atoms with E-state index in [-0.39, 0.29) is 12.3 Å². The third kappa shape index (κ3) is 2.87. The van der Waals surface area contributed by atoms with Gasteiger partial charge in [0, 0.05) is 0 Å². The second kappa shape index (κ2) is 4.79. The Labute approximate surface area is 82.2 Å². The molecule has 2 atom stereocenters. The number of rotatable bonds is 4. The summed E-state index contributed by atoms with van der Waals surface area (Å²) in [5.74, 6) is -2.79.